The van der Waals surface area contributed by atoms with Gasteiger partial charge in [-0.2, -0.15) is 9.78 Å². The number of hydrogen-bond acceptors (Lipinski definition) is 6. The largest absolute Gasteiger partial charge is 0.480 e. The van der Waals surface area contributed by atoms with Crippen molar-refractivity contribution in [1.82, 2.24) is 9.66 Å². The Kier molecular flexibility index (Phi) is 7.85. The summed E-state index contributed by atoms with van der Waals surface area (Å²) in [6.45, 7) is 1.77. The smallest absolute Gasteiger partial charge is 0.343 e. The fraction of sp³-hybridized carbons (Fsp3) is 0.200. The van der Waals surface area contributed by atoms with Crippen molar-refractivity contribution in [2.45, 2.75) is 13.3 Å². The molecule has 0 radical (unpaired) electrons. The second-order valence-electron chi connectivity index (χ2n) is 6.08. The molecule has 30 heavy (non-hydrogen) atoms. The zero-order valence-electron chi connectivity index (χ0n) is 16.0. The van der Waals surface area contributed by atoms with Crippen molar-refractivity contribution in [2.75, 3.05) is 13.7 Å². The predicted molar refractivity (Wildman–Crippen MR) is 135 cm³/mol. The van der Waals surface area contributed by atoms with E-state index in [1.807, 2.05) is 31.2 Å². The molecule has 1 aromatic heterocycles. The van der Waals surface area contributed by atoms with Crippen molar-refractivity contribution in [3.63, 3.8) is 0 Å². The minimum Gasteiger partial charge on any atom is -0.480 e. The average Bonchev–Trinajstić information content (AvgIpc) is 2.72. The van der Waals surface area contributed by atoms with Gasteiger partial charge < -0.3 is 9.47 Å². The number of carbonyl (C=O) groups excluding carboxylic acids is 1. The number of esters is 1. The van der Waals surface area contributed by atoms with Crippen LogP contribution in [-0.4, -0.2) is 35.6 Å². The molecule has 2 aromatic carbocycles. The summed E-state index contributed by atoms with van der Waals surface area (Å²) >= 11 is 7.66. The van der Waals surface area contributed by atoms with Crippen molar-refractivity contribution in [3.8, 4) is 5.75 Å². The van der Waals surface area contributed by atoms with Crippen LogP contribution in [0.4, 0.5) is 0 Å². The Bertz CT molecular complexity index is 1190. The maximum absolute atomic E-state index is 13.0. The summed E-state index contributed by atoms with van der Waals surface area (Å²) in [5.41, 5.74) is 1.21. The molecule has 0 bridgehead atoms. The minimum atomic E-state index is -0.450. The van der Waals surface area contributed by atoms with E-state index in [4.69, 9.17) is 4.74 Å². The number of fused-ring (bicyclic) bond motifs is 1. The number of hydrogen-bond donors (Lipinski definition) is 0. The Morgan fingerprint density at radius 1 is 1.27 bits per heavy atom. The number of ether oxygens (including phenoxy) is 2. The van der Waals surface area contributed by atoms with Crippen LogP contribution < -0.4 is 10.3 Å². The van der Waals surface area contributed by atoms with Gasteiger partial charge in [0.15, 0.2) is 6.61 Å². The fourth-order valence-corrected chi connectivity index (χ4v) is 5.14. The quantitative estimate of drug-likeness (QED) is 0.218. The Hall–Kier alpha value is -1.54. The molecule has 0 aliphatic carbocycles. The number of nitrogens with zero attached hydrogens (tertiary/aromatic N) is 3. The van der Waals surface area contributed by atoms with Crippen molar-refractivity contribution in [2.24, 2.45) is 5.10 Å². The van der Waals surface area contributed by atoms with E-state index in [0.717, 1.165) is 17.2 Å². The van der Waals surface area contributed by atoms with E-state index in [1.165, 1.54) is 11.8 Å². The molecular formula is C20H16BrI2N3O4. The van der Waals surface area contributed by atoms with Gasteiger partial charge in [-0.25, -0.2) is 9.78 Å². The lowest BCUT2D eigenvalue weighted by Crippen LogP contribution is -2.22. The van der Waals surface area contributed by atoms with Gasteiger partial charge in [0.05, 0.1) is 31.4 Å². The van der Waals surface area contributed by atoms with Crippen LogP contribution in [0.5, 0.6) is 5.75 Å². The van der Waals surface area contributed by atoms with Gasteiger partial charge in [-0.3, -0.25) is 4.79 Å². The lowest BCUT2D eigenvalue weighted by atomic mass is 10.2. The molecular weight excluding hydrogens is 680 g/mol. The summed E-state index contributed by atoms with van der Waals surface area (Å²) in [5, 5.41) is 4.90. The Morgan fingerprint density at radius 3 is 2.60 bits per heavy atom. The number of aromatic nitrogens is 2. The molecule has 3 rings (SSSR count). The molecule has 156 valence electrons. The van der Waals surface area contributed by atoms with E-state index in [0.29, 0.717) is 28.9 Å². The molecule has 0 saturated carbocycles. The molecule has 0 aliphatic heterocycles. The molecule has 0 saturated heterocycles. The molecule has 0 amide bonds. The van der Waals surface area contributed by atoms with E-state index >= 15 is 0 Å². The molecule has 0 unspecified atom stereocenters. The molecule has 0 spiro atoms. The third-order valence-electron chi connectivity index (χ3n) is 4.10. The van der Waals surface area contributed by atoms with Crippen LogP contribution in [0.3, 0.4) is 0 Å². The lowest BCUT2D eigenvalue weighted by molar-refractivity contribution is -0.142. The molecule has 0 N–H and O–H groups in total. The van der Waals surface area contributed by atoms with Crippen molar-refractivity contribution in [3.05, 3.63) is 63.7 Å². The number of carbonyl (C=O) groups is 1. The number of aryl methyl sites for hydroxylation is 1. The zero-order chi connectivity index (χ0) is 21.8. The van der Waals surface area contributed by atoms with Gasteiger partial charge in [0.1, 0.15) is 11.6 Å². The number of rotatable bonds is 6. The van der Waals surface area contributed by atoms with Crippen molar-refractivity contribution in [1.29, 1.82) is 0 Å². The van der Waals surface area contributed by atoms with Gasteiger partial charge in [0, 0.05) is 10.9 Å². The highest BCUT2D eigenvalue weighted by molar-refractivity contribution is 14.1. The van der Waals surface area contributed by atoms with E-state index in [-0.39, 0.29) is 12.2 Å². The highest BCUT2D eigenvalue weighted by atomic mass is 127. The van der Waals surface area contributed by atoms with E-state index in [1.54, 1.807) is 12.3 Å². The van der Waals surface area contributed by atoms with Gasteiger partial charge in [-0.1, -0.05) is 22.9 Å². The van der Waals surface area contributed by atoms with Crippen molar-refractivity contribution < 1.29 is 14.3 Å². The van der Waals surface area contributed by atoms with E-state index in [2.05, 4.69) is 75.9 Å². The molecule has 3 aromatic rings. The van der Waals surface area contributed by atoms with Crippen LogP contribution in [0.15, 0.2) is 44.7 Å². The fourth-order valence-electron chi connectivity index (χ4n) is 2.65. The first-order valence-electron chi connectivity index (χ1n) is 8.78. The lowest BCUT2D eigenvalue weighted by Gasteiger charge is -2.11. The number of benzene rings is 2. The number of methoxy groups -OCH3 is 1. The third-order valence-corrected chi connectivity index (χ3v) is 6.19. The second-order valence-corrected chi connectivity index (χ2v) is 9.32. The average molecular weight is 696 g/mol. The van der Waals surface area contributed by atoms with Crippen LogP contribution in [0.1, 0.15) is 18.3 Å². The zero-order valence-corrected chi connectivity index (χ0v) is 21.9. The van der Waals surface area contributed by atoms with E-state index < -0.39 is 5.97 Å². The molecule has 0 atom stereocenters. The highest BCUT2D eigenvalue weighted by Gasteiger charge is 2.12. The van der Waals surface area contributed by atoms with E-state index in [9.17, 15) is 9.59 Å². The van der Waals surface area contributed by atoms with Crippen LogP contribution in [0, 0.1) is 7.14 Å². The van der Waals surface area contributed by atoms with Gasteiger partial charge >= 0.3 is 5.97 Å². The first kappa shape index (κ1) is 23.1. The van der Waals surface area contributed by atoms with Crippen LogP contribution in [-0.2, 0) is 16.0 Å². The maximum Gasteiger partial charge on any atom is 0.343 e. The topological polar surface area (TPSA) is 82.8 Å². The summed E-state index contributed by atoms with van der Waals surface area (Å²) in [7, 11) is 1.31. The summed E-state index contributed by atoms with van der Waals surface area (Å²) in [5.74, 6) is 0.727. The standard InChI is InChI=1S/C20H16BrI2N3O4/c1-3-17-25-16-5-4-12(21)8-13(16)20(28)26(17)24-9-11-6-14(22)19(15(23)7-11)30-10-18(27)29-2/h4-9H,3,10H2,1-2H3. The van der Waals surface area contributed by atoms with Gasteiger partial charge in [-0.15, -0.1) is 0 Å². The Morgan fingerprint density at radius 2 is 1.97 bits per heavy atom. The Labute approximate surface area is 208 Å². The molecule has 7 nitrogen and oxygen atoms in total. The van der Waals surface area contributed by atoms with Crippen LogP contribution in [0.25, 0.3) is 10.9 Å². The van der Waals surface area contributed by atoms with Crippen molar-refractivity contribution >= 4 is 84.2 Å². The molecule has 0 fully saturated rings. The molecule has 1 heterocycles. The van der Waals surface area contributed by atoms with Gasteiger partial charge in [0.2, 0.25) is 0 Å². The Balaban J connectivity index is 1.97. The minimum absolute atomic E-state index is 0.163. The normalized spacial score (nSPS) is 11.2. The maximum atomic E-state index is 13.0. The summed E-state index contributed by atoms with van der Waals surface area (Å²) in [4.78, 5) is 28.9. The SMILES string of the molecule is CCc1nc2ccc(Br)cc2c(=O)n1N=Cc1cc(I)c(OCC(=O)OC)c(I)c1. The first-order chi connectivity index (χ1) is 14.3. The predicted octanol–water partition coefficient (Wildman–Crippen LogP) is 4.36. The summed E-state index contributed by atoms with van der Waals surface area (Å²) < 4.78 is 13.9. The summed E-state index contributed by atoms with van der Waals surface area (Å²) in [6.07, 6.45) is 2.18. The third kappa shape index (κ3) is 5.19. The van der Waals surface area contributed by atoms with Gasteiger partial charge in [0.25, 0.3) is 5.56 Å². The summed E-state index contributed by atoms with van der Waals surface area (Å²) in [6, 6.07) is 9.14. The molecule has 0 aliphatic rings. The highest BCUT2D eigenvalue weighted by Crippen LogP contribution is 2.28. The first-order valence-corrected chi connectivity index (χ1v) is 11.7. The monoisotopic (exact) mass is 695 g/mol. The van der Waals surface area contributed by atoms with Crippen LogP contribution in [0.2, 0.25) is 0 Å². The number of halogens is 3. The second kappa shape index (κ2) is 10.2. The van der Waals surface area contributed by atoms with Crippen LogP contribution >= 0.6 is 61.1 Å². The molecule has 10 heteroatoms. The van der Waals surface area contributed by atoms with Gasteiger partial charge in [-0.05, 0) is 81.1 Å².